The molecule has 2 amide bonds. The molecule has 1 aliphatic carbocycles. The third-order valence-electron chi connectivity index (χ3n) is 2.80. The minimum Gasteiger partial charge on any atom is -0.352 e. The average molecular weight is 241 g/mol. The van der Waals surface area contributed by atoms with E-state index >= 15 is 0 Å². The smallest absolute Gasteiger partial charge is 0.242 e. The maximum absolute atomic E-state index is 11.6. The fourth-order valence-electron chi connectivity index (χ4n) is 1.54. The lowest BCUT2D eigenvalue weighted by atomic mass is 10.2. The third-order valence-corrected chi connectivity index (χ3v) is 2.80. The summed E-state index contributed by atoms with van der Waals surface area (Å²) in [5, 5.41) is 5.57. The molecule has 0 heterocycles. The van der Waals surface area contributed by atoms with E-state index in [1.54, 1.807) is 6.92 Å². The molecule has 0 bridgehead atoms. The van der Waals surface area contributed by atoms with Crippen molar-refractivity contribution in [2.45, 2.75) is 57.5 Å². The van der Waals surface area contributed by atoms with Gasteiger partial charge in [0.2, 0.25) is 11.8 Å². The number of hydrogen-bond acceptors (Lipinski definition) is 3. The zero-order valence-corrected chi connectivity index (χ0v) is 10.5. The van der Waals surface area contributed by atoms with Gasteiger partial charge in [-0.2, -0.15) is 0 Å². The molecule has 0 aromatic carbocycles. The monoisotopic (exact) mass is 241 g/mol. The molecule has 1 aliphatic rings. The molecule has 5 nitrogen and oxygen atoms in total. The molecule has 1 fully saturated rings. The maximum Gasteiger partial charge on any atom is 0.242 e. The first-order chi connectivity index (χ1) is 8.13. The van der Waals surface area contributed by atoms with Crippen LogP contribution in [0.5, 0.6) is 0 Å². The lowest BCUT2D eigenvalue weighted by Gasteiger charge is -2.13. The minimum absolute atomic E-state index is 0.0551. The van der Waals surface area contributed by atoms with Gasteiger partial charge >= 0.3 is 0 Å². The Bertz CT molecular complexity index is 264. The van der Waals surface area contributed by atoms with E-state index in [9.17, 15) is 9.59 Å². The normalized spacial score (nSPS) is 16.4. The summed E-state index contributed by atoms with van der Waals surface area (Å²) in [7, 11) is 0. The van der Waals surface area contributed by atoms with Crippen LogP contribution in [0.1, 0.15) is 45.4 Å². The van der Waals surface area contributed by atoms with E-state index in [-0.39, 0.29) is 11.8 Å². The molecular formula is C12H23N3O2. The first-order valence-corrected chi connectivity index (χ1v) is 6.43. The van der Waals surface area contributed by atoms with E-state index in [1.165, 1.54) is 0 Å². The summed E-state index contributed by atoms with van der Waals surface area (Å²) < 4.78 is 0. The first kappa shape index (κ1) is 14.0. The number of carbonyl (C=O) groups excluding carboxylic acids is 2. The largest absolute Gasteiger partial charge is 0.352 e. The molecular weight excluding hydrogens is 218 g/mol. The Morgan fingerprint density at radius 1 is 1.29 bits per heavy atom. The van der Waals surface area contributed by atoms with Crippen LogP contribution in [0.15, 0.2) is 0 Å². The third kappa shape index (κ3) is 6.26. The lowest BCUT2D eigenvalue weighted by Crippen LogP contribution is -2.45. The molecule has 0 spiro atoms. The van der Waals surface area contributed by atoms with Gasteiger partial charge in [0.1, 0.15) is 6.04 Å². The van der Waals surface area contributed by atoms with Crippen LogP contribution >= 0.6 is 0 Å². The summed E-state index contributed by atoms with van der Waals surface area (Å²) in [6.07, 6.45) is 5.34. The number of amides is 2. The molecule has 0 aromatic rings. The summed E-state index contributed by atoms with van der Waals surface area (Å²) in [6.45, 7) is 2.39. The summed E-state index contributed by atoms with van der Waals surface area (Å²) >= 11 is 0. The standard InChI is InChI=1S/C12H23N3O2/c1-9(12(17)15-10-6-7-10)14-11(16)5-3-2-4-8-13/h9-10H,2-8,13H2,1H3,(H,14,16)(H,15,17). The van der Waals surface area contributed by atoms with Crippen LogP contribution < -0.4 is 16.4 Å². The van der Waals surface area contributed by atoms with E-state index in [2.05, 4.69) is 10.6 Å². The highest BCUT2D eigenvalue weighted by Crippen LogP contribution is 2.18. The number of hydrogen-bond donors (Lipinski definition) is 3. The fourth-order valence-corrected chi connectivity index (χ4v) is 1.54. The zero-order chi connectivity index (χ0) is 12.7. The van der Waals surface area contributed by atoms with Crippen molar-refractivity contribution in [2.75, 3.05) is 6.54 Å². The van der Waals surface area contributed by atoms with Crippen molar-refractivity contribution in [1.82, 2.24) is 10.6 Å². The van der Waals surface area contributed by atoms with Gasteiger partial charge in [0.15, 0.2) is 0 Å². The van der Waals surface area contributed by atoms with E-state index < -0.39 is 6.04 Å². The Morgan fingerprint density at radius 2 is 2.00 bits per heavy atom. The minimum atomic E-state index is -0.433. The molecule has 0 aliphatic heterocycles. The van der Waals surface area contributed by atoms with Crippen LogP contribution in [0, 0.1) is 0 Å². The van der Waals surface area contributed by atoms with Crippen LogP contribution in [-0.4, -0.2) is 30.4 Å². The van der Waals surface area contributed by atoms with Gasteiger partial charge in [-0.1, -0.05) is 6.42 Å². The Labute approximate surface area is 103 Å². The number of rotatable bonds is 8. The van der Waals surface area contributed by atoms with Crippen molar-refractivity contribution < 1.29 is 9.59 Å². The molecule has 1 unspecified atom stereocenters. The number of nitrogens with one attached hydrogen (secondary N) is 2. The van der Waals surface area contributed by atoms with E-state index in [1.807, 2.05) is 0 Å². The van der Waals surface area contributed by atoms with Crippen LogP contribution in [0.4, 0.5) is 0 Å². The predicted octanol–water partition coefficient (Wildman–Crippen LogP) is 0.289. The van der Waals surface area contributed by atoms with Crippen molar-refractivity contribution >= 4 is 11.8 Å². The summed E-state index contributed by atoms with van der Waals surface area (Å²) in [5.74, 6) is -0.136. The lowest BCUT2D eigenvalue weighted by molar-refractivity contribution is -0.128. The molecule has 1 saturated carbocycles. The molecule has 0 radical (unpaired) electrons. The van der Waals surface area contributed by atoms with Crippen molar-refractivity contribution in [1.29, 1.82) is 0 Å². The Balaban J connectivity index is 2.08. The number of nitrogens with two attached hydrogens (primary N) is 1. The highest BCUT2D eigenvalue weighted by molar-refractivity contribution is 5.87. The summed E-state index contributed by atoms with van der Waals surface area (Å²) in [6, 6.07) is -0.0935. The Kier molecular flexibility index (Phi) is 5.97. The van der Waals surface area contributed by atoms with Crippen LogP contribution in [0.2, 0.25) is 0 Å². The van der Waals surface area contributed by atoms with Gasteiger partial charge in [0, 0.05) is 12.5 Å². The van der Waals surface area contributed by atoms with E-state index in [0.29, 0.717) is 19.0 Å². The van der Waals surface area contributed by atoms with Crippen molar-refractivity contribution in [3.63, 3.8) is 0 Å². The molecule has 4 N–H and O–H groups in total. The number of carbonyl (C=O) groups is 2. The summed E-state index contributed by atoms with van der Waals surface area (Å²) in [5.41, 5.74) is 5.36. The van der Waals surface area contributed by atoms with Gasteiger partial charge in [-0.05, 0) is 39.2 Å². The van der Waals surface area contributed by atoms with Gasteiger partial charge in [-0.3, -0.25) is 9.59 Å². The Morgan fingerprint density at radius 3 is 2.59 bits per heavy atom. The molecule has 98 valence electrons. The van der Waals surface area contributed by atoms with Gasteiger partial charge in [0.05, 0.1) is 0 Å². The van der Waals surface area contributed by atoms with Crippen LogP contribution in [0.25, 0.3) is 0 Å². The molecule has 1 atom stereocenters. The second-order valence-corrected chi connectivity index (χ2v) is 4.67. The van der Waals surface area contributed by atoms with Crippen molar-refractivity contribution in [3.05, 3.63) is 0 Å². The highest BCUT2D eigenvalue weighted by Gasteiger charge is 2.25. The van der Waals surface area contributed by atoms with Crippen molar-refractivity contribution in [3.8, 4) is 0 Å². The van der Waals surface area contributed by atoms with Crippen molar-refractivity contribution in [2.24, 2.45) is 5.73 Å². The van der Waals surface area contributed by atoms with E-state index in [4.69, 9.17) is 5.73 Å². The quantitative estimate of drug-likeness (QED) is 0.534. The Hall–Kier alpha value is -1.10. The number of unbranched alkanes of at least 4 members (excludes halogenated alkanes) is 2. The fraction of sp³-hybridized carbons (Fsp3) is 0.833. The van der Waals surface area contributed by atoms with Gasteiger partial charge in [-0.15, -0.1) is 0 Å². The van der Waals surface area contributed by atoms with Gasteiger partial charge in [0.25, 0.3) is 0 Å². The second kappa shape index (κ2) is 7.27. The average Bonchev–Trinajstić information content (AvgIpc) is 3.08. The van der Waals surface area contributed by atoms with Gasteiger partial charge in [-0.25, -0.2) is 0 Å². The zero-order valence-electron chi connectivity index (χ0n) is 10.5. The molecule has 17 heavy (non-hydrogen) atoms. The molecule has 0 aromatic heterocycles. The SMILES string of the molecule is CC(NC(=O)CCCCCN)C(=O)NC1CC1. The first-order valence-electron chi connectivity index (χ1n) is 6.43. The van der Waals surface area contributed by atoms with Crippen LogP contribution in [0.3, 0.4) is 0 Å². The topological polar surface area (TPSA) is 84.2 Å². The van der Waals surface area contributed by atoms with Crippen LogP contribution in [-0.2, 0) is 9.59 Å². The molecule has 5 heteroatoms. The van der Waals surface area contributed by atoms with E-state index in [0.717, 1.165) is 32.1 Å². The maximum atomic E-state index is 11.6. The molecule has 1 rings (SSSR count). The predicted molar refractivity (Wildman–Crippen MR) is 66.3 cm³/mol. The van der Waals surface area contributed by atoms with Gasteiger partial charge < -0.3 is 16.4 Å². The summed E-state index contributed by atoms with van der Waals surface area (Å²) in [4.78, 5) is 23.1. The highest BCUT2D eigenvalue weighted by atomic mass is 16.2. The second-order valence-electron chi connectivity index (χ2n) is 4.67. The molecule has 0 saturated heterocycles.